The smallest absolute Gasteiger partial charge is 0.253 e. The molecule has 3 heterocycles. The van der Waals surface area contributed by atoms with E-state index in [0.717, 1.165) is 6.42 Å². The summed E-state index contributed by atoms with van der Waals surface area (Å²) in [6.07, 6.45) is 7.78. The number of anilines is 1. The summed E-state index contributed by atoms with van der Waals surface area (Å²) in [5.41, 5.74) is -1.38. The topological polar surface area (TPSA) is 90.4 Å². The minimum absolute atomic E-state index is 0.0672. The monoisotopic (exact) mass is 585 g/mol. The van der Waals surface area contributed by atoms with Gasteiger partial charge in [-0.3, -0.25) is 14.4 Å². The number of nitrogens with zero attached hydrogens (tertiary/aromatic N) is 3. The number of halogens is 1. The number of amides is 3. The van der Waals surface area contributed by atoms with Crippen molar-refractivity contribution >= 4 is 35.0 Å². The lowest BCUT2D eigenvalue weighted by Crippen LogP contribution is -2.56. The number of aliphatic hydroxyl groups excluding tert-OH is 1. The lowest BCUT2D eigenvalue weighted by molar-refractivity contribution is -0.151. The fraction of sp³-hybridized carbons (Fsp3) is 0.594. The Kier molecular flexibility index (Phi) is 9.98. The van der Waals surface area contributed by atoms with Crippen molar-refractivity contribution in [2.75, 3.05) is 37.7 Å². The summed E-state index contributed by atoms with van der Waals surface area (Å²) >= 11 is 6.56. The summed E-state index contributed by atoms with van der Waals surface area (Å²) in [5, 5.41) is 9.73. The summed E-state index contributed by atoms with van der Waals surface area (Å²) in [5.74, 6) is -2.01. The third-order valence-corrected chi connectivity index (χ3v) is 9.43. The molecule has 4 rings (SSSR count). The molecule has 0 saturated carbocycles. The lowest BCUT2D eigenvalue weighted by Gasteiger charge is -2.37. The third-order valence-electron chi connectivity index (χ3n) is 9.11. The van der Waals surface area contributed by atoms with Gasteiger partial charge in [0.1, 0.15) is 11.6 Å². The minimum atomic E-state index is -1.12. The predicted octanol–water partition coefficient (Wildman–Crippen LogP) is 4.60. The molecule has 2 unspecified atom stereocenters. The van der Waals surface area contributed by atoms with E-state index in [0.29, 0.717) is 68.9 Å². The van der Waals surface area contributed by atoms with Crippen LogP contribution in [-0.2, 0) is 19.1 Å². The van der Waals surface area contributed by atoms with Gasteiger partial charge in [-0.05, 0) is 57.1 Å². The van der Waals surface area contributed by atoms with Gasteiger partial charge in [-0.15, -0.1) is 13.2 Å². The summed E-state index contributed by atoms with van der Waals surface area (Å²) in [6, 6.07) is 6.23. The second-order valence-corrected chi connectivity index (χ2v) is 11.8. The zero-order chi connectivity index (χ0) is 29.8. The highest BCUT2D eigenvalue weighted by molar-refractivity contribution is 6.34. The Hall–Kier alpha value is -2.68. The number of carbonyl (C=O) groups excluding carboxylic acids is 3. The number of hydrogen-bond donors (Lipinski definition) is 1. The average molecular weight is 586 g/mol. The molecule has 1 aromatic rings. The van der Waals surface area contributed by atoms with Crippen molar-refractivity contribution in [3.8, 4) is 0 Å². The number of hydrogen-bond acceptors (Lipinski definition) is 5. The van der Waals surface area contributed by atoms with Crippen LogP contribution >= 0.6 is 11.6 Å². The highest BCUT2D eigenvalue weighted by Crippen LogP contribution is 2.64. The largest absolute Gasteiger partial charge is 0.396 e. The molecule has 1 aromatic carbocycles. The van der Waals surface area contributed by atoms with E-state index in [1.807, 2.05) is 19.9 Å². The van der Waals surface area contributed by atoms with Gasteiger partial charge in [0.15, 0.2) is 0 Å². The summed E-state index contributed by atoms with van der Waals surface area (Å²) < 4.78 is 6.94. The van der Waals surface area contributed by atoms with Crippen LogP contribution in [0.5, 0.6) is 0 Å². The van der Waals surface area contributed by atoms with Crippen LogP contribution in [0, 0.1) is 11.8 Å². The van der Waals surface area contributed by atoms with E-state index in [1.54, 1.807) is 45.1 Å². The van der Waals surface area contributed by atoms with E-state index in [1.165, 1.54) is 0 Å². The molecule has 3 amide bonds. The maximum atomic E-state index is 14.7. The molecule has 0 aliphatic carbocycles. The molecule has 1 N–H and O–H groups in total. The van der Waals surface area contributed by atoms with Crippen molar-refractivity contribution < 1.29 is 24.2 Å². The first kappa shape index (κ1) is 31.3. The number of para-hydroxylation sites is 1. The van der Waals surface area contributed by atoms with Crippen molar-refractivity contribution in [1.29, 1.82) is 0 Å². The van der Waals surface area contributed by atoms with Gasteiger partial charge in [-0.1, -0.05) is 49.7 Å². The summed E-state index contributed by atoms with van der Waals surface area (Å²) in [4.78, 5) is 48.3. The molecule has 8 nitrogen and oxygen atoms in total. The van der Waals surface area contributed by atoms with E-state index >= 15 is 0 Å². The molecule has 3 aliphatic heterocycles. The predicted molar refractivity (Wildman–Crippen MR) is 161 cm³/mol. The maximum absolute atomic E-state index is 14.7. The molecule has 9 heteroatoms. The van der Waals surface area contributed by atoms with Gasteiger partial charge in [0.05, 0.1) is 28.1 Å². The van der Waals surface area contributed by atoms with Crippen LogP contribution in [0.15, 0.2) is 49.6 Å². The van der Waals surface area contributed by atoms with E-state index in [2.05, 4.69) is 13.2 Å². The molecule has 3 aliphatic rings. The highest BCUT2D eigenvalue weighted by atomic mass is 35.5. The van der Waals surface area contributed by atoms with Crippen LogP contribution in [-0.4, -0.2) is 82.7 Å². The van der Waals surface area contributed by atoms with E-state index in [4.69, 9.17) is 16.3 Å². The zero-order valence-corrected chi connectivity index (χ0v) is 25.2. The molecule has 1 spiro atoms. The van der Waals surface area contributed by atoms with Gasteiger partial charge in [-0.2, -0.15) is 0 Å². The SMILES string of the molecule is C=CCN(CCC)C(=O)[C@@H]1[C@H]2C(=O)N(CCCCCO)C(C(=O)N(CC=C)c3ccccc3Cl)C23CC[C@@]1(CC)O3. The van der Waals surface area contributed by atoms with E-state index < -0.39 is 29.1 Å². The van der Waals surface area contributed by atoms with E-state index in [-0.39, 0.29) is 30.9 Å². The van der Waals surface area contributed by atoms with Crippen LogP contribution in [0.3, 0.4) is 0 Å². The Labute approximate surface area is 248 Å². The van der Waals surface area contributed by atoms with Gasteiger partial charge >= 0.3 is 0 Å². The Balaban J connectivity index is 1.81. The molecule has 2 bridgehead atoms. The van der Waals surface area contributed by atoms with Crippen LogP contribution < -0.4 is 4.90 Å². The number of carbonyl (C=O) groups is 3. The van der Waals surface area contributed by atoms with Crippen molar-refractivity contribution in [2.24, 2.45) is 11.8 Å². The molecule has 41 heavy (non-hydrogen) atoms. The standard InChI is InChI=1S/C32H44ClN3O5/c1-5-18-34(19-6-2)28(38)25-26-29(39)36(21-12-9-13-22-37)27(32(26)17-16-31(25,8-4)41-32)30(40)35(20-7-3)24-15-11-10-14-23(24)33/h5,7,10-11,14-15,25-27,37H,1,3,6,8-9,12-13,16-22H2,2,4H3/t25-,26-,27?,31+,32?/m0/s1. The Bertz CT molecular complexity index is 1160. The average Bonchev–Trinajstić information content (AvgIpc) is 3.57. The number of unbranched alkanes of at least 4 members (excludes halogenated alkanes) is 2. The second kappa shape index (κ2) is 13.1. The molecular weight excluding hydrogens is 542 g/mol. The highest BCUT2D eigenvalue weighted by Gasteiger charge is 2.79. The molecule has 0 aromatic heterocycles. The van der Waals surface area contributed by atoms with Crippen molar-refractivity contribution in [2.45, 2.75) is 76.0 Å². The van der Waals surface area contributed by atoms with Crippen LogP contribution in [0.4, 0.5) is 5.69 Å². The Morgan fingerprint density at radius 1 is 1.12 bits per heavy atom. The molecule has 224 valence electrons. The molecule has 3 fully saturated rings. The summed E-state index contributed by atoms with van der Waals surface area (Å²) in [7, 11) is 0. The third kappa shape index (κ3) is 5.35. The quantitative estimate of drug-likeness (QED) is 0.240. The number of aliphatic hydroxyl groups is 1. The number of fused-ring (bicyclic) bond motifs is 1. The Morgan fingerprint density at radius 3 is 2.49 bits per heavy atom. The maximum Gasteiger partial charge on any atom is 0.253 e. The molecule has 3 saturated heterocycles. The fourth-order valence-electron chi connectivity index (χ4n) is 7.35. The van der Waals surface area contributed by atoms with Crippen molar-refractivity contribution in [3.63, 3.8) is 0 Å². The van der Waals surface area contributed by atoms with Crippen LogP contribution in [0.25, 0.3) is 0 Å². The van der Waals surface area contributed by atoms with Gasteiger partial charge in [0.25, 0.3) is 5.91 Å². The Morgan fingerprint density at radius 2 is 1.85 bits per heavy atom. The first-order valence-electron chi connectivity index (χ1n) is 14.9. The van der Waals surface area contributed by atoms with Gasteiger partial charge < -0.3 is 24.5 Å². The summed E-state index contributed by atoms with van der Waals surface area (Å²) in [6.45, 7) is 13.3. The molecular formula is C32H44ClN3O5. The normalized spacial score (nSPS) is 28.0. The van der Waals surface area contributed by atoms with Crippen molar-refractivity contribution in [1.82, 2.24) is 9.80 Å². The van der Waals surface area contributed by atoms with Crippen molar-refractivity contribution in [3.05, 3.63) is 54.6 Å². The number of benzene rings is 1. The fourth-order valence-corrected chi connectivity index (χ4v) is 7.59. The number of rotatable bonds is 15. The van der Waals surface area contributed by atoms with Gasteiger partial charge in [0, 0.05) is 32.8 Å². The van der Waals surface area contributed by atoms with Gasteiger partial charge in [0.2, 0.25) is 11.8 Å². The van der Waals surface area contributed by atoms with Crippen LogP contribution in [0.1, 0.15) is 58.8 Å². The van der Waals surface area contributed by atoms with Gasteiger partial charge in [-0.25, -0.2) is 0 Å². The number of likely N-dealkylation sites (tertiary alicyclic amines) is 1. The van der Waals surface area contributed by atoms with Crippen LogP contribution in [0.2, 0.25) is 5.02 Å². The number of ether oxygens (including phenoxy) is 1. The first-order chi connectivity index (χ1) is 19.8. The van der Waals surface area contributed by atoms with E-state index in [9.17, 15) is 19.5 Å². The lowest BCUT2D eigenvalue weighted by atomic mass is 9.64. The zero-order valence-electron chi connectivity index (χ0n) is 24.4. The second-order valence-electron chi connectivity index (χ2n) is 11.4. The first-order valence-corrected chi connectivity index (χ1v) is 15.3. The minimum Gasteiger partial charge on any atom is -0.396 e. The molecule has 5 atom stereocenters. The molecule has 0 radical (unpaired) electrons.